The van der Waals surface area contributed by atoms with Gasteiger partial charge in [-0.1, -0.05) is 25.1 Å². The molecule has 1 aromatic carbocycles. The van der Waals surface area contributed by atoms with Crippen LogP contribution < -0.4 is 10.1 Å². The highest BCUT2D eigenvalue weighted by molar-refractivity contribution is 5.80. The molecule has 0 saturated carbocycles. The van der Waals surface area contributed by atoms with Gasteiger partial charge in [-0.2, -0.15) is 0 Å². The molecule has 2 rings (SSSR count). The van der Waals surface area contributed by atoms with Gasteiger partial charge < -0.3 is 15.2 Å². The molecular formula is C15H20N2O2. The number of aliphatic hydroxyl groups excluding tert-OH is 1. The molecule has 0 saturated heterocycles. The first-order valence-corrected chi connectivity index (χ1v) is 6.55. The summed E-state index contributed by atoms with van der Waals surface area (Å²) < 4.78 is 5.34. The number of aliphatic hydroxyl groups is 1. The molecule has 0 aliphatic rings. The average molecular weight is 260 g/mol. The Hall–Kier alpha value is -1.65. The van der Waals surface area contributed by atoms with Crippen molar-refractivity contribution in [1.82, 2.24) is 10.3 Å². The second-order valence-corrected chi connectivity index (χ2v) is 4.52. The van der Waals surface area contributed by atoms with Crippen LogP contribution in [0.4, 0.5) is 0 Å². The fourth-order valence-electron chi connectivity index (χ4n) is 2.04. The van der Waals surface area contributed by atoms with Crippen molar-refractivity contribution in [3.63, 3.8) is 0 Å². The van der Waals surface area contributed by atoms with Crippen LogP contribution >= 0.6 is 0 Å². The summed E-state index contributed by atoms with van der Waals surface area (Å²) in [4.78, 5) is 4.50. The van der Waals surface area contributed by atoms with Crippen molar-refractivity contribution in [3.05, 3.63) is 35.9 Å². The fourth-order valence-corrected chi connectivity index (χ4v) is 2.04. The third kappa shape index (κ3) is 3.22. The SMILES string of the molecule is CCC(CO)NCc1cc2ccccc2nc1OC. The van der Waals surface area contributed by atoms with Gasteiger partial charge in [0.15, 0.2) is 0 Å². The molecule has 1 aromatic heterocycles. The zero-order chi connectivity index (χ0) is 13.7. The summed E-state index contributed by atoms with van der Waals surface area (Å²) in [6.07, 6.45) is 0.889. The predicted octanol–water partition coefficient (Wildman–Crippen LogP) is 2.10. The zero-order valence-electron chi connectivity index (χ0n) is 11.4. The molecule has 0 radical (unpaired) electrons. The van der Waals surface area contributed by atoms with Crippen LogP contribution in [0.25, 0.3) is 10.9 Å². The zero-order valence-corrected chi connectivity index (χ0v) is 11.4. The summed E-state index contributed by atoms with van der Waals surface area (Å²) in [5.74, 6) is 0.638. The molecule has 102 valence electrons. The second kappa shape index (κ2) is 6.50. The third-order valence-electron chi connectivity index (χ3n) is 3.25. The number of nitrogens with zero attached hydrogens (tertiary/aromatic N) is 1. The highest BCUT2D eigenvalue weighted by Crippen LogP contribution is 2.22. The van der Waals surface area contributed by atoms with Crippen LogP contribution in [0.5, 0.6) is 5.88 Å². The molecule has 2 N–H and O–H groups in total. The lowest BCUT2D eigenvalue weighted by Gasteiger charge is -2.15. The van der Waals surface area contributed by atoms with Gasteiger partial charge in [0.25, 0.3) is 0 Å². The van der Waals surface area contributed by atoms with Crippen LogP contribution in [0.15, 0.2) is 30.3 Å². The van der Waals surface area contributed by atoms with Crippen molar-refractivity contribution in [1.29, 1.82) is 0 Å². The van der Waals surface area contributed by atoms with E-state index in [1.165, 1.54) is 0 Å². The summed E-state index contributed by atoms with van der Waals surface area (Å²) in [5.41, 5.74) is 1.94. The van der Waals surface area contributed by atoms with Gasteiger partial charge in [-0.25, -0.2) is 4.98 Å². The number of benzene rings is 1. The number of hydrogen-bond donors (Lipinski definition) is 2. The molecule has 2 aromatic rings. The maximum Gasteiger partial charge on any atom is 0.218 e. The number of pyridine rings is 1. The number of methoxy groups -OCH3 is 1. The fraction of sp³-hybridized carbons (Fsp3) is 0.400. The van der Waals surface area contributed by atoms with Crippen LogP contribution in [0, 0.1) is 0 Å². The van der Waals surface area contributed by atoms with E-state index in [1.807, 2.05) is 31.2 Å². The van der Waals surface area contributed by atoms with Crippen LogP contribution in [-0.2, 0) is 6.54 Å². The number of ether oxygens (including phenoxy) is 1. The van der Waals surface area contributed by atoms with Gasteiger partial charge in [0.1, 0.15) is 0 Å². The molecule has 0 aliphatic carbocycles. The Bertz CT molecular complexity index is 539. The first-order valence-electron chi connectivity index (χ1n) is 6.55. The van der Waals surface area contributed by atoms with Crippen molar-refractivity contribution < 1.29 is 9.84 Å². The number of nitrogens with one attached hydrogen (secondary N) is 1. The molecule has 19 heavy (non-hydrogen) atoms. The van der Waals surface area contributed by atoms with Gasteiger partial charge in [0.2, 0.25) is 5.88 Å². The van der Waals surface area contributed by atoms with E-state index in [2.05, 4.69) is 16.4 Å². The maximum absolute atomic E-state index is 9.19. The highest BCUT2D eigenvalue weighted by Gasteiger charge is 2.09. The molecular weight excluding hydrogens is 240 g/mol. The average Bonchev–Trinajstić information content (AvgIpc) is 2.47. The van der Waals surface area contributed by atoms with Crippen LogP contribution in [-0.4, -0.2) is 29.8 Å². The smallest absolute Gasteiger partial charge is 0.218 e. The summed E-state index contributed by atoms with van der Waals surface area (Å²) in [6.45, 7) is 2.82. The first-order chi connectivity index (χ1) is 9.28. The lowest BCUT2D eigenvalue weighted by Crippen LogP contribution is -2.31. The van der Waals surface area contributed by atoms with Crippen molar-refractivity contribution in [2.45, 2.75) is 25.9 Å². The van der Waals surface area contributed by atoms with Crippen molar-refractivity contribution in [2.75, 3.05) is 13.7 Å². The van der Waals surface area contributed by atoms with Gasteiger partial charge in [0, 0.05) is 23.5 Å². The minimum Gasteiger partial charge on any atom is -0.481 e. The lowest BCUT2D eigenvalue weighted by atomic mass is 10.1. The minimum absolute atomic E-state index is 0.108. The molecule has 0 aliphatic heterocycles. The normalized spacial score (nSPS) is 12.6. The Kier molecular flexibility index (Phi) is 4.71. The predicted molar refractivity (Wildman–Crippen MR) is 76.3 cm³/mol. The first kappa shape index (κ1) is 13.8. The molecule has 0 fully saturated rings. The molecule has 0 bridgehead atoms. The van der Waals surface area contributed by atoms with Gasteiger partial charge in [0.05, 0.1) is 19.2 Å². The van der Waals surface area contributed by atoms with Crippen molar-refractivity contribution >= 4 is 10.9 Å². The number of rotatable bonds is 6. The summed E-state index contributed by atoms with van der Waals surface area (Å²) in [6, 6.07) is 10.2. The number of aromatic nitrogens is 1. The molecule has 4 nitrogen and oxygen atoms in total. The highest BCUT2D eigenvalue weighted by atomic mass is 16.5. The quantitative estimate of drug-likeness (QED) is 0.835. The Morgan fingerprint density at radius 1 is 1.37 bits per heavy atom. The van der Waals surface area contributed by atoms with E-state index in [0.29, 0.717) is 12.4 Å². The van der Waals surface area contributed by atoms with E-state index < -0.39 is 0 Å². The van der Waals surface area contributed by atoms with Gasteiger partial charge in [-0.15, -0.1) is 0 Å². The molecule has 1 atom stereocenters. The molecule has 1 unspecified atom stereocenters. The Labute approximate surface area is 113 Å². The van der Waals surface area contributed by atoms with E-state index >= 15 is 0 Å². The van der Waals surface area contributed by atoms with E-state index in [9.17, 15) is 5.11 Å². The molecule has 0 spiro atoms. The number of fused-ring (bicyclic) bond motifs is 1. The van der Waals surface area contributed by atoms with Gasteiger partial charge in [-0.05, 0) is 18.6 Å². The van der Waals surface area contributed by atoms with E-state index in [0.717, 1.165) is 22.9 Å². The summed E-state index contributed by atoms with van der Waals surface area (Å²) >= 11 is 0. The standard InChI is InChI=1S/C15H20N2O2/c1-3-13(10-18)16-9-12-8-11-6-4-5-7-14(11)17-15(12)19-2/h4-8,13,16,18H,3,9-10H2,1-2H3. The maximum atomic E-state index is 9.19. The third-order valence-corrected chi connectivity index (χ3v) is 3.25. The minimum atomic E-state index is 0.108. The van der Waals surface area contributed by atoms with Gasteiger partial charge >= 0.3 is 0 Å². The molecule has 1 heterocycles. The van der Waals surface area contributed by atoms with Crippen LogP contribution in [0.3, 0.4) is 0 Å². The molecule has 4 heteroatoms. The number of hydrogen-bond acceptors (Lipinski definition) is 4. The molecule has 0 amide bonds. The van der Waals surface area contributed by atoms with Crippen LogP contribution in [0.2, 0.25) is 0 Å². The summed E-state index contributed by atoms with van der Waals surface area (Å²) in [7, 11) is 1.63. The van der Waals surface area contributed by atoms with E-state index in [4.69, 9.17) is 4.74 Å². The second-order valence-electron chi connectivity index (χ2n) is 4.52. The Morgan fingerprint density at radius 3 is 2.84 bits per heavy atom. The Morgan fingerprint density at radius 2 is 2.16 bits per heavy atom. The Balaban J connectivity index is 2.25. The monoisotopic (exact) mass is 260 g/mol. The van der Waals surface area contributed by atoms with E-state index in [1.54, 1.807) is 7.11 Å². The van der Waals surface area contributed by atoms with Crippen molar-refractivity contribution in [3.8, 4) is 5.88 Å². The van der Waals surface area contributed by atoms with E-state index in [-0.39, 0.29) is 12.6 Å². The largest absolute Gasteiger partial charge is 0.481 e. The summed E-state index contributed by atoms with van der Waals surface area (Å²) in [5, 5.41) is 13.6. The van der Waals surface area contributed by atoms with Gasteiger partial charge in [-0.3, -0.25) is 0 Å². The van der Waals surface area contributed by atoms with Crippen molar-refractivity contribution in [2.24, 2.45) is 0 Å². The lowest BCUT2D eigenvalue weighted by molar-refractivity contribution is 0.237. The number of para-hydroxylation sites is 1. The van der Waals surface area contributed by atoms with Crippen LogP contribution in [0.1, 0.15) is 18.9 Å². The topological polar surface area (TPSA) is 54.4 Å².